The first-order chi connectivity index (χ1) is 6.36. The molecule has 0 saturated carbocycles. The lowest BCUT2D eigenvalue weighted by Gasteiger charge is -2.12. The van der Waals surface area contributed by atoms with Crippen LogP contribution >= 0.6 is 0 Å². The summed E-state index contributed by atoms with van der Waals surface area (Å²) in [4.78, 5) is 11.1. The lowest BCUT2D eigenvalue weighted by molar-refractivity contribution is -0.139. The Morgan fingerprint density at radius 3 is 2.92 bits per heavy atom. The SMILES string of the molecule is O=C1OCCC1NCC1CCCO1. The van der Waals surface area contributed by atoms with Gasteiger partial charge in [-0.2, -0.15) is 0 Å². The van der Waals surface area contributed by atoms with E-state index < -0.39 is 0 Å². The molecule has 0 aromatic rings. The van der Waals surface area contributed by atoms with Gasteiger partial charge in [0.2, 0.25) is 0 Å². The fraction of sp³-hybridized carbons (Fsp3) is 0.889. The number of carbonyl (C=O) groups excluding carboxylic acids is 1. The van der Waals surface area contributed by atoms with Gasteiger partial charge in [0.05, 0.1) is 12.7 Å². The molecule has 2 aliphatic heterocycles. The van der Waals surface area contributed by atoms with Gasteiger partial charge in [0, 0.05) is 19.6 Å². The third-order valence-electron chi connectivity index (χ3n) is 2.55. The molecule has 4 nitrogen and oxygen atoms in total. The summed E-state index contributed by atoms with van der Waals surface area (Å²) in [6.45, 7) is 2.20. The van der Waals surface area contributed by atoms with Crippen molar-refractivity contribution in [3.63, 3.8) is 0 Å². The van der Waals surface area contributed by atoms with Gasteiger partial charge < -0.3 is 14.8 Å². The van der Waals surface area contributed by atoms with Gasteiger partial charge in [-0.25, -0.2) is 0 Å². The van der Waals surface area contributed by atoms with E-state index in [1.807, 2.05) is 0 Å². The number of hydrogen-bond acceptors (Lipinski definition) is 4. The molecule has 2 rings (SSSR count). The number of esters is 1. The zero-order valence-electron chi connectivity index (χ0n) is 7.62. The van der Waals surface area contributed by atoms with Crippen LogP contribution in [0, 0.1) is 0 Å². The average Bonchev–Trinajstić information content (AvgIpc) is 2.72. The summed E-state index contributed by atoms with van der Waals surface area (Å²) in [5.41, 5.74) is 0. The van der Waals surface area contributed by atoms with Crippen molar-refractivity contribution in [1.82, 2.24) is 5.32 Å². The van der Waals surface area contributed by atoms with Crippen LogP contribution in [0.15, 0.2) is 0 Å². The predicted octanol–water partition coefficient (Wildman–Crippen LogP) is 0.0705. The summed E-state index contributed by atoms with van der Waals surface area (Å²) < 4.78 is 10.3. The van der Waals surface area contributed by atoms with Crippen LogP contribution in [0.25, 0.3) is 0 Å². The molecule has 2 fully saturated rings. The van der Waals surface area contributed by atoms with E-state index in [2.05, 4.69) is 5.32 Å². The number of cyclic esters (lactones) is 1. The molecule has 0 bridgehead atoms. The number of nitrogens with one attached hydrogen (secondary N) is 1. The van der Waals surface area contributed by atoms with Gasteiger partial charge in [-0.1, -0.05) is 0 Å². The largest absolute Gasteiger partial charge is 0.464 e. The maximum Gasteiger partial charge on any atom is 0.323 e. The minimum absolute atomic E-state index is 0.0933. The predicted molar refractivity (Wildman–Crippen MR) is 46.3 cm³/mol. The maximum atomic E-state index is 11.1. The number of carbonyl (C=O) groups is 1. The van der Waals surface area contributed by atoms with Gasteiger partial charge in [-0.15, -0.1) is 0 Å². The summed E-state index contributed by atoms with van der Waals surface area (Å²) in [7, 11) is 0. The lowest BCUT2D eigenvalue weighted by atomic mass is 10.2. The van der Waals surface area contributed by atoms with Crippen LogP contribution in [-0.4, -0.2) is 37.9 Å². The molecule has 4 heteroatoms. The first kappa shape index (κ1) is 8.97. The van der Waals surface area contributed by atoms with E-state index in [1.54, 1.807) is 0 Å². The Balaban J connectivity index is 1.69. The van der Waals surface area contributed by atoms with E-state index in [4.69, 9.17) is 9.47 Å². The maximum absolute atomic E-state index is 11.1. The molecule has 2 saturated heterocycles. The van der Waals surface area contributed by atoms with Crippen LogP contribution in [0.3, 0.4) is 0 Å². The molecule has 2 aliphatic rings. The van der Waals surface area contributed by atoms with Crippen LogP contribution < -0.4 is 5.32 Å². The quantitative estimate of drug-likeness (QED) is 0.632. The minimum Gasteiger partial charge on any atom is -0.464 e. The smallest absolute Gasteiger partial charge is 0.323 e. The van der Waals surface area contributed by atoms with Crippen molar-refractivity contribution in [3.05, 3.63) is 0 Å². The van der Waals surface area contributed by atoms with Gasteiger partial charge in [0.25, 0.3) is 0 Å². The van der Waals surface area contributed by atoms with Gasteiger partial charge in [0.1, 0.15) is 6.04 Å². The highest BCUT2D eigenvalue weighted by atomic mass is 16.5. The topological polar surface area (TPSA) is 47.6 Å². The fourth-order valence-corrected chi connectivity index (χ4v) is 1.76. The zero-order valence-corrected chi connectivity index (χ0v) is 7.62. The number of hydrogen-bond donors (Lipinski definition) is 1. The Hall–Kier alpha value is -0.610. The second kappa shape index (κ2) is 4.07. The average molecular weight is 185 g/mol. The summed E-state index contributed by atoms with van der Waals surface area (Å²) in [5.74, 6) is -0.113. The van der Waals surface area contributed by atoms with Crippen molar-refractivity contribution < 1.29 is 14.3 Å². The Bertz CT molecular complexity index is 189. The van der Waals surface area contributed by atoms with Crippen LogP contribution in [0.1, 0.15) is 19.3 Å². The highest BCUT2D eigenvalue weighted by Gasteiger charge is 2.27. The molecular formula is C9H15NO3. The molecule has 13 heavy (non-hydrogen) atoms. The van der Waals surface area contributed by atoms with E-state index >= 15 is 0 Å². The van der Waals surface area contributed by atoms with Crippen molar-refractivity contribution in [2.75, 3.05) is 19.8 Å². The number of ether oxygens (including phenoxy) is 2. The second-order valence-electron chi connectivity index (χ2n) is 3.55. The van der Waals surface area contributed by atoms with Gasteiger partial charge >= 0.3 is 5.97 Å². The Kier molecular flexibility index (Phi) is 2.80. The van der Waals surface area contributed by atoms with Crippen molar-refractivity contribution in [2.24, 2.45) is 0 Å². The normalized spacial score (nSPS) is 33.7. The molecule has 0 radical (unpaired) electrons. The molecule has 0 aliphatic carbocycles. The second-order valence-corrected chi connectivity index (χ2v) is 3.55. The highest BCUT2D eigenvalue weighted by Crippen LogP contribution is 2.12. The molecular weight excluding hydrogens is 170 g/mol. The van der Waals surface area contributed by atoms with Gasteiger partial charge in [-0.05, 0) is 12.8 Å². The van der Waals surface area contributed by atoms with Gasteiger partial charge in [-0.3, -0.25) is 4.79 Å². The molecule has 74 valence electrons. The van der Waals surface area contributed by atoms with E-state index in [0.717, 1.165) is 32.4 Å². The lowest BCUT2D eigenvalue weighted by Crippen LogP contribution is -2.38. The molecule has 2 unspecified atom stereocenters. The molecule has 0 spiro atoms. The van der Waals surface area contributed by atoms with Crippen molar-refractivity contribution >= 4 is 5.97 Å². The standard InChI is InChI=1S/C9H15NO3/c11-9-8(3-5-13-9)10-6-7-2-1-4-12-7/h7-8,10H,1-6H2. The number of rotatable bonds is 3. The van der Waals surface area contributed by atoms with E-state index in [9.17, 15) is 4.79 Å². The highest BCUT2D eigenvalue weighted by molar-refractivity contribution is 5.77. The summed E-state index contributed by atoms with van der Waals surface area (Å²) in [6, 6.07) is -0.0933. The Morgan fingerprint density at radius 2 is 2.31 bits per heavy atom. The zero-order chi connectivity index (χ0) is 9.10. The fourth-order valence-electron chi connectivity index (χ4n) is 1.76. The van der Waals surface area contributed by atoms with Crippen LogP contribution in [0.2, 0.25) is 0 Å². The van der Waals surface area contributed by atoms with Crippen molar-refractivity contribution in [2.45, 2.75) is 31.4 Å². The van der Waals surface area contributed by atoms with Crippen molar-refractivity contribution in [1.29, 1.82) is 0 Å². The van der Waals surface area contributed by atoms with Crippen molar-refractivity contribution in [3.8, 4) is 0 Å². The molecule has 2 heterocycles. The first-order valence-electron chi connectivity index (χ1n) is 4.88. The van der Waals surface area contributed by atoms with Crippen LogP contribution in [0.4, 0.5) is 0 Å². The summed E-state index contributed by atoms with van der Waals surface area (Å²) >= 11 is 0. The van der Waals surface area contributed by atoms with Gasteiger partial charge in [0.15, 0.2) is 0 Å². The minimum atomic E-state index is -0.113. The monoisotopic (exact) mass is 185 g/mol. The third kappa shape index (κ3) is 2.19. The molecule has 0 aromatic heterocycles. The van der Waals surface area contributed by atoms with Crippen LogP contribution in [-0.2, 0) is 14.3 Å². The first-order valence-corrected chi connectivity index (χ1v) is 4.88. The van der Waals surface area contributed by atoms with E-state index in [1.165, 1.54) is 0 Å². The van der Waals surface area contributed by atoms with Crippen LogP contribution in [0.5, 0.6) is 0 Å². The molecule has 0 amide bonds. The summed E-state index contributed by atoms with van der Waals surface area (Å²) in [5, 5.41) is 3.17. The summed E-state index contributed by atoms with van der Waals surface area (Å²) in [6.07, 6.45) is 3.34. The Labute approximate surface area is 77.6 Å². The van der Waals surface area contributed by atoms with E-state index in [-0.39, 0.29) is 12.0 Å². The third-order valence-corrected chi connectivity index (χ3v) is 2.55. The van der Waals surface area contributed by atoms with E-state index in [0.29, 0.717) is 12.7 Å². The molecule has 1 N–H and O–H groups in total. The molecule has 2 atom stereocenters. The Morgan fingerprint density at radius 1 is 1.38 bits per heavy atom. The molecule has 0 aromatic carbocycles.